The van der Waals surface area contributed by atoms with Crippen LogP contribution < -0.4 is 0 Å². The minimum absolute atomic E-state index is 0.605. The molecule has 2 heterocycles. The Bertz CT molecular complexity index is 3160. The zero-order valence-electron chi connectivity index (χ0n) is 30.7. The summed E-state index contributed by atoms with van der Waals surface area (Å²) in [6.45, 7) is 0. The molecule has 9 aromatic carbocycles. The van der Waals surface area contributed by atoms with E-state index in [1.54, 1.807) is 11.3 Å². The lowest BCUT2D eigenvalue weighted by Gasteiger charge is -2.11. The van der Waals surface area contributed by atoms with Gasteiger partial charge in [-0.2, -0.15) is 0 Å². The molecule has 2 aromatic heterocycles. The van der Waals surface area contributed by atoms with Crippen LogP contribution in [-0.2, 0) is 0 Å². The molecule has 0 atom stereocenters. The maximum absolute atomic E-state index is 5.29. The maximum atomic E-state index is 5.29. The molecule has 0 aliphatic rings. The summed E-state index contributed by atoms with van der Waals surface area (Å²) in [6, 6.07) is 68.2. The quantitative estimate of drug-likeness (QED) is 0.159. The van der Waals surface area contributed by atoms with E-state index in [0.717, 1.165) is 48.6 Å². The van der Waals surface area contributed by atoms with Crippen LogP contribution in [0, 0.1) is 0 Å². The molecule has 0 radical (unpaired) electrons. The van der Waals surface area contributed by atoms with Crippen molar-refractivity contribution < 1.29 is 0 Å². The number of benzene rings is 9. The molecule has 0 unspecified atom stereocenters. The van der Waals surface area contributed by atoms with E-state index >= 15 is 0 Å². The second-order valence-electron chi connectivity index (χ2n) is 14.2. The summed E-state index contributed by atoms with van der Waals surface area (Å²) in [7, 11) is 0. The predicted molar refractivity (Wildman–Crippen MR) is 238 cm³/mol. The van der Waals surface area contributed by atoms with Gasteiger partial charge in [0.15, 0.2) is 17.5 Å². The smallest absolute Gasteiger partial charge is 0.164 e. The van der Waals surface area contributed by atoms with Gasteiger partial charge in [-0.15, -0.1) is 11.3 Å². The SMILES string of the molecule is c1ccc(-c2ccc(-c3nc(-c4ccc(-c5ccccc5)cc4)nc(-c4ccc5sc(-c6cc7c8ccccc8ccc7c7ccccc67)nc5c4)n3)cc2)cc1. The monoisotopic (exact) mass is 744 g/mol. The summed E-state index contributed by atoms with van der Waals surface area (Å²) in [5.74, 6) is 1.85. The first-order valence-electron chi connectivity index (χ1n) is 19.0. The summed E-state index contributed by atoms with van der Waals surface area (Å²) in [6.07, 6.45) is 0. The van der Waals surface area contributed by atoms with E-state index in [0.29, 0.717) is 17.5 Å². The van der Waals surface area contributed by atoms with E-state index in [1.165, 1.54) is 43.4 Å². The number of thiazole rings is 1. The van der Waals surface area contributed by atoms with Gasteiger partial charge in [0.2, 0.25) is 0 Å². The van der Waals surface area contributed by atoms with Gasteiger partial charge in [0.1, 0.15) is 5.01 Å². The van der Waals surface area contributed by atoms with Gasteiger partial charge < -0.3 is 0 Å². The van der Waals surface area contributed by atoms with E-state index in [-0.39, 0.29) is 0 Å². The average Bonchev–Trinajstić information content (AvgIpc) is 3.73. The third-order valence-electron chi connectivity index (χ3n) is 10.8. The van der Waals surface area contributed by atoms with Crippen LogP contribution in [0.1, 0.15) is 0 Å². The van der Waals surface area contributed by atoms with Crippen LogP contribution in [0.25, 0.3) is 110 Å². The molecule has 0 aliphatic heterocycles. The maximum Gasteiger partial charge on any atom is 0.164 e. The van der Waals surface area contributed by atoms with Gasteiger partial charge in [0, 0.05) is 22.3 Å². The van der Waals surface area contributed by atoms with E-state index < -0.39 is 0 Å². The highest BCUT2D eigenvalue weighted by atomic mass is 32.1. The Morgan fingerprint density at radius 2 is 0.772 bits per heavy atom. The Hall–Kier alpha value is -7.34. The van der Waals surface area contributed by atoms with Gasteiger partial charge in [-0.25, -0.2) is 19.9 Å². The number of hydrogen-bond acceptors (Lipinski definition) is 5. The highest BCUT2D eigenvalue weighted by Crippen LogP contribution is 2.41. The molecule has 11 rings (SSSR count). The molecule has 0 N–H and O–H groups in total. The van der Waals surface area contributed by atoms with Crippen LogP contribution in [0.3, 0.4) is 0 Å². The van der Waals surface area contributed by atoms with Crippen LogP contribution >= 0.6 is 11.3 Å². The zero-order valence-corrected chi connectivity index (χ0v) is 31.5. The van der Waals surface area contributed by atoms with E-state index in [1.807, 2.05) is 12.1 Å². The summed E-state index contributed by atoms with van der Waals surface area (Å²) >= 11 is 1.72. The molecular weight excluding hydrogens is 713 g/mol. The molecule has 11 aromatic rings. The van der Waals surface area contributed by atoms with Gasteiger partial charge in [0.25, 0.3) is 0 Å². The van der Waals surface area contributed by atoms with Gasteiger partial charge in [-0.3, -0.25) is 0 Å². The molecule has 266 valence electrons. The van der Waals surface area contributed by atoms with Crippen molar-refractivity contribution in [3.63, 3.8) is 0 Å². The number of aromatic nitrogens is 4. The van der Waals surface area contributed by atoms with E-state index in [4.69, 9.17) is 19.9 Å². The Kier molecular flexibility index (Phi) is 7.97. The fraction of sp³-hybridized carbons (Fsp3) is 0. The van der Waals surface area contributed by atoms with Crippen LogP contribution in [0.5, 0.6) is 0 Å². The highest BCUT2D eigenvalue weighted by Gasteiger charge is 2.17. The van der Waals surface area contributed by atoms with Gasteiger partial charge in [-0.05, 0) is 78.8 Å². The highest BCUT2D eigenvalue weighted by molar-refractivity contribution is 7.21. The van der Waals surface area contributed by atoms with E-state index in [9.17, 15) is 0 Å². The standard InChI is InChI=1S/C52H32N4S/c1-3-11-33(12-4-1)35-19-23-38(24-20-35)49-54-50(39-25-21-36(22-26-39)34-13-5-2-6-14-34)56-51(55-49)40-28-30-48-47(31-40)53-52(57-48)46-32-45-41-16-8-7-15-37(41)27-29-44(45)42-17-9-10-18-43(42)46/h1-32H. The minimum atomic E-state index is 0.605. The number of nitrogens with zero attached hydrogens (tertiary/aromatic N) is 4. The van der Waals surface area contributed by atoms with Gasteiger partial charge >= 0.3 is 0 Å². The zero-order chi connectivity index (χ0) is 37.7. The van der Waals surface area contributed by atoms with Gasteiger partial charge in [0.05, 0.1) is 10.2 Å². The molecule has 0 saturated heterocycles. The lowest BCUT2D eigenvalue weighted by Crippen LogP contribution is -2.00. The first-order chi connectivity index (χ1) is 28.2. The normalized spacial score (nSPS) is 11.5. The van der Waals surface area contributed by atoms with Crippen LogP contribution in [0.15, 0.2) is 194 Å². The Labute approximate surface area is 333 Å². The summed E-state index contributed by atoms with van der Waals surface area (Å²) in [4.78, 5) is 20.5. The van der Waals surface area contributed by atoms with Crippen LogP contribution in [-0.4, -0.2) is 19.9 Å². The second-order valence-corrected chi connectivity index (χ2v) is 15.3. The number of fused-ring (bicyclic) bond motifs is 6. The second kappa shape index (κ2) is 13.7. The molecule has 0 fully saturated rings. The number of rotatable bonds is 6. The lowest BCUT2D eigenvalue weighted by molar-refractivity contribution is 1.07. The predicted octanol–water partition coefficient (Wildman–Crippen LogP) is 13.9. The molecule has 4 nitrogen and oxygen atoms in total. The fourth-order valence-electron chi connectivity index (χ4n) is 7.87. The average molecular weight is 745 g/mol. The van der Waals surface area contributed by atoms with Crippen molar-refractivity contribution in [3.05, 3.63) is 194 Å². The Morgan fingerprint density at radius 1 is 0.298 bits per heavy atom. The third kappa shape index (κ3) is 6.02. The van der Waals surface area contributed by atoms with Crippen molar-refractivity contribution in [3.8, 4) is 67.0 Å². The van der Waals surface area contributed by atoms with Crippen molar-refractivity contribution in [1.82, 2.24) is 19.9 Å². The van der Waals surface area contributed by atoms with Crippen molar-refractivity contribution in [1.29, 1.82) is 0 Å². The molecule has 0 saturated carbocycles. The van der Waals surface area contributed by atoms with Crippen molar-refractivity contribution in [2.24, 2.45) is 0 Å². The topological polar surface area (TPSA) is 51.6 Å². The summed E-state index contributed by atoms with van der Waals surface area (Å²) in [5.41, 5.74) is 9.41. The first kappa shape index (κ1) is 33.0. The van der Waals surface area contributed by atoms with E-state index in [2.05, 4.69) is 182 Å². The molecule has 0 bridgehead atoms. The summed E-state index contributed by atoms with van der Waals surface area (Å²) in [5, 5.41) is 8.38. The lowest BCUT2D eigenvalue weighted by atomic mass is 9.94. The molecule has 0 aliphatic carbocycles. The summed E-state index contributed by atoms with van der Waals surface area (Å²) < 4.78 is 1.11. The molecule has 5 heteroatoms. The number of hydrogen-bond donors (Lipinski definition) is 0. The van der Waals surface area contributed by atoms with Crippen molar-refractivity contribution >= 4 is 53.9 Å². The fourth-order valence-corrected chi connectivity index (χ4v) is 8.84. The minimum Gasteiger partial charge on any atom is -0.236 e. The van der Waals surface area contributed by atoms with Crippen molar-refractivity contribution in [2.45, 2.75) is 0 Å². The van der Waals surface area contributed by atoms with Crippen LogP contribution in [0.2, 0.25) is 0 Å². The third-order valence-corrected chi connectivity index (χ3v) is 11.8. The largest absolute Gasteiger partial charge is 0.236 e. The Balaban J connectivity index is 1.03. The molecule has 57 heavy (non-hydrogen) atoms. The Morgan fingerprint density at radius 3 is 1.40 bits per heavy atom. The van der Waals surface area contributed by atoms with Gasteiger partial charge in [-0.1, -0.05) is 170 Å². The molecule has 0 spiro atoms. The molecular formula is C52H32N4S. The van der Waals surface area contributed by atoms with Crippen molar-refractivity contribution in [2.75, 3.05) is 0 Å². The first-order valence-corrected chi connectivity index (χ1v) is 19.9. The molecule has 0 amide bonds. The van der Waals surface area contributed by atoms with Crippen LogP contribution in [0.4, 0.5) is 0 Å².